The molecule has 1 heterocycles. The van der Waals surface area contributed by atoms with Crippen LogP contribution in [0.2, 0.25) is 0 Å². The topological polar surface area (TPSA) is 109 Å². The number of urea groups is 1. The number of anilines is 1. The summed E-state index contributed by atoms with van der Waals surface area (Å²) in [7, 11) is 1.42. The summed E-state index contributed by atoms with van der Waals surface area (Å²) in [5.41, 5.74) is 0.182. The maximum atomic E-state index is 11.8. The lowest BCUT2D eigenvalue weighted by atomic mass is 10.2. The Morgan fingerprint density at radius 2 is 2.10 bits per heavy atom. The SMILES string of the molecule is CCOC(=O)CN(C)C(=O)Nc1cncc(C(=O)O)c1. The molecular weight excluding hydrogens is 266 g/mol. The summed E-state index contributed by atoms with van der Waals surface area (Å²) in [6, 6.07) is 0.702. The van der Waals surface area contributed by atoms with E-state index in [1.807, 2.05) is 0 Å². The number of likely N-dealkylation sites (N-methyl/N-ethyl adjacent to an activating group) is 1. The van der Waals surface area contributed by atoms with Crippen molar-refractivity contribution < 1.29 is 24.2 Å². The van der Waals surface area contributed by atoms with Crippen LogP contribution < -0.4 is 5.32 Å². The van der Waals surface area contributed by atoms with E-state index in [1.54, 1.807) is 6.92 Å². The summed E-state index contributed by atoms with van der Waals surface area (Å²) in [5.74, 6) is -1.67. The van der Waals surface area contributed by atoms with Gasteiger partial charge < -0.3 is 20.1 Å². The summed E-state index contributed by atoms with van der Waals surface area (Å²) in [5, 5.41) is 11.2. The molecule has 0 saturated carbocycles. The number of carboxylic acids is 1. The van der Waals surface area contributed by atoms with E-state index in [2.05, 4.69) is 10.3 Å². The molecular formula is C12H15N3O5. The normalized spacial score (nSPS) is 9.70. The van der Waals surface area contributed by atoms with Gasteiger partial charge in [-0.15, -0.1) is 0 Å². The average molecular weight is 281 g/mol. The molecule has 0 bridgehead atoms. The highest BCUT2D eigenvalue weighted by atomic mass is 16.5. The third-order valence-corrected chi connectivity index (χ3v) is 2.25. The molecule has 1 rings (SSSR count). The number of pyridine rings is 1. The van der Waals surface area contributed by atoms with Crippen molar-refractivity contribution in [3.8, 4) is 0 Å². The predicted octanol–water partition coefficient (Wildman–Crippen LogP) is 0.807. The fraction of sp³-hybridized carbons (Fsp3) is 0.333. The standard InChI is InChI=1S/C12H15N3O5/c1-3-20-10(16)7-15(2)12(19)14-9-4-8(11(17)18)5-13-6-9/h4-6H,3,7H2,1-2H3,(H,14,19)(H,17,18). The van der Waals surface area contributed by atoms with Gasteiger partial charge in [0.25, 0.3) is 0 Å². The number of aromatic carboxylic acids is 1. The van der Waals surface area contributed by atoms with Gasteiger partial charge in [-0.2, -0.15) is 0 Å². The minimum absolute atomic E-state index is 0.0455. The molecule has 0 aliphatic carbocycles. The molecule has 0 aromatic carbocycles. The van der Waals surface area contributed by atoms with E-state index in [0.29, 0.717) is 0 Å². The van der Waals surface area contributed by atoms with Gasteiger partial charge in [-0.1, -0.05) is 0 Å². The number of aromatic nitrogens is 1. The van der Waals surface area contributed by atoms with Crippen LogP contribution in [0, 0.1) is 0 Å². The highest BCUT2D eigenvalue weighted by Gasteiger charge is 2.14. The molecule has 0 aliphatic rings. The molecule has 20 heavy (non-hydrogen) atoms. The van der Waals surface area contributed by atoms with E-state index in [0.717, 1.165) is 4.90 Å². The number of hydrogen-bond donors (Lipinski definition) is 2. The smallest absolute Gasteiger partial charge is 0.337 e. The van der Waals surface area contributed by atoms with Crippen LogP contribution in [0.4, 0.5) is 10.5 Å². The Morgan fingerprint density at radius 1 is 1.40 bits per heavy atom. The minimum atomic E-state index is -1.14. The van der Waals surface area contributed by atoms with E-state index in [4.69, 9.17) is 9.84 Å². The maximum absolute atomic E-state index is 11.8. The fourth-order valence-corrected chi connectivity index (χ4v) is 1.32. The van der Waals surface area contributed by atoms with Gasteiger partial charge in [-0.3, -0.25) is 9.78 Å². The van der Waals surface area contributed by atoms with Crippen LogP contribution in [0.5, 0.6) is 0 Å². The second-order valence-corrected chi connectivity index (χ2v) is 3.86. The number of hydrogen-bond acceptors (Lipinski definition) is 5. The predicted molar refractivity (Wildman–Crippen MR) is 69.5 cm³/mol. The van der Waals surface area contributed by atoms with Crippen LogP contribution in [0.25, 0.3) is 0 Å². The zero-order valence-electron chi connectivity index (χ0n) is 11.1. The molecule has 1 aromatic heterocycles. The van der Waals surface area contributed by atoms with Crippen LogP contribution in [0.15, 0.2) is 18.5 Å². The lowest BCUT2D eigenvalue weighted by Crippen LogP contribution is -2.36. The third-order valence-electron chi connectivity index (χ3n) is 2.25. The second kappa shape index (κ2) is 7.07. The van der Waals surface area contributed by atoms with E-state index >= 15 is 0 Å². The molecule has 0 fully saturated rings. The Balaban J connectivity index is 2.63. The van der Waals surface area contributed by atoms with Crippen molar-refractivity contribution in [1.82, 2.24) is 9.88 Å². The number of ether oxygens (including phenoxy) is 1. The largest absolute Gasteiger partial charge is 0.478 e. The number of rotatable bonds is 5. The molecule has 2 amide bonds. The van der Waals surface area contributed by atoms with Gasteiger partial charge in [0, 0.05) is 13.2 Å². The molecule has 8 nitrogen and oxygen atoms in total. The van der Waals surface area contributed by atoms with Crippen LogP contribution >= 0.6 is 0 Å². The Bertz CT molecular complexity index is 518. The first kappa shape index (κ1) is 15.4. The van der Waals surface area contributed by atoms with Gasteiger partial charge in [0.15, 0.2) is 0 Å². The van der Waals surface area contributed by atoms with Crippen molar-refractivity contribution >= 4 is 23.7 Å². The number of carboxylic acid groups (broad SMARTS) is 1. The van der Waals surface area contributed by atoms with Crippen molar-refractivity contribution in [2.45, 2.75) is 6.92 Å². The third kappa shape index (κ3) is 4.56. The fourth-order valence-electron chi connectivity index (χ4n) is 1.32. The molecule has 0 radical (unpaired) electrons. The Hall–Kier alpha value is -2.64. The number of amides is 2. The zero-order chi connectivity index (χ0) is 15.1. The quantitative estimate of drug-likeness (QED) is 0.773. The molecule has 0 atom stereocenters. The van der Waals surface area contributed by atoms with E-state index in [1.165, 1.54) is 25.5 Å². The van der Waals surface area contributed by atoms with Crippen molar-refractivity contribution in [3.63, 3.8) is 0 Å². The molecule has 0 unspecified atom stereocenters. The second-order valence-electron chi connectivity index (χ2n) is 3.86. The van der Waals surface area contributed by atoms with Gasteiger partial charge in [0.2, 0.25) is 0 Å². The number of nitrogens with one attached hydrogen (secondary N) is 1. The Morgan fingerprint density at radius 3 is 2.70 bits per heavy atom. The first-order valence-electron chi connectivity index (χ1n) is 5.80. The number of nitrogens with zero attached hydrogens (tertiary/aromatic N) is 2. The summed E-state index contributed by atoms with van der Waals surface area (Å²) >= 11 is 0. The van der Waals surface area contributed by atoms with Crippen LogP contribution in [0.1, 0.15) is 17.3 Å². The summed E-state index contributed by atoms with van der Waals surface area (Å²) in [6.07, 6.45) is 2.48. The average Bonchev–Trinajstić information content (AvgIpc) is 2.39. The van der Waals surface area contributed by atoms with Crippen molar-refractivity contribution in [3.05, 3.63) is 24.0 Å². The summed E-state index contributed by atoms with van der Waals surface area (Å²) in [4.78, 5) is 38.6. The Kier molecular flexibility index (Phi) is 5.45. The van der Waals surface area contributed by atoms with Gasteiger partial charge in [-0.25, -0.2) is 9.59 Å². The molecule has 1 aromatic rings. The van der Waals surface area contributed by atoms with Crippen LogP contribution in [0.3, 0.4) is 0 Å². The highest BCUT2D eigenvalue weighted by molar-refractivity contribution is 5.93. The number of carbonyl (C=O) groups excluding carboxylic acids is 2. The van der Waals surface area contributed by atoms with Crippen LogP contribution in [-0.2, 0) is 9.53 Å². The van der Waals surface area contributed by atoms with Gasteiger partial charge in [-0.05, 0) is 13.0 Å². The molecule has 0 aliphatic heterocycles. The first-order chi connectivity index (χ1) is 9.43. The van der Waals surface area contributed by atoms with E-state index < -0.39 is 18.0 Å². The lowest BCUT2D eigenvalue weighted by Gasteiger charge is -2.16. The Labute approximate surface area is 115 Å². The van der Waals surface area contributed by atoms with Crippen molar-refractivity contribution in [2.24, 2.45) is 0 Å². The summed E-state index contributed by atoms with van der Waals surface area (Å²) < 4.78 is 4.71. The number of carbonyl (C=O) groups is 3. The zero-order valence-corrected chi connectivity index (χ0v) is 11.1. The molecule has 108 valence electrons. The monoisotopic (exact) mass is 281 g/mol. The maximum Gasteiger partial charge on any atom is 0.337 e. The number of esters is 1. The van der Waals surface area contributed by atoms with Crippen molar-refractivity contribution in [2.75, 3.05) is 25.5 Å². The van der Waals surface area contributed by atoms with Crippen LogP contribution in [-0.4, -0.2) is 53.2 Å². The first-order valence-corrected chi connectivity index (χ1v) is 5.80. The minimum Gasteiger partial charge on any atom is -0.478 e. The summed E-state index contributed by atoms with van der Waals surface area (Å²) in [6.45, 7) is 1.70. The molecule has 0 spiro atoms. The van der Waals surface area contributed by atoms with Crippen molar-refractivity contribution in [1.29, 1.82) is 0 Å². The van der Waals surface area contributed by atoms with Gasteiger partial charge in [0.05, 0.1) is 24.1 Å². The molecule has 8 heteroatoms. The van der Waals surface area contributed by atoms with E-state index in [-0.39, 0.29) is 24.4 Å². The van der Waals surface area contributed by atoms with Gasteiger partial charge >= 0.3 is 18.0 Å². The highest BCUT2D eigenvalue weighted by Crippen LogP contribution is 2.09. The van der Waals surface area contributed by atoms with Gasteiger partial charge in [0.1, 0.15) is 6.54 Å². The van der Waals surface area contributed by atoms with E-state index in [9.17, 15) is 14.4 Å². The lowest BCUT2D eigenvalue weighted by molar-refractivity contribution is -0.143. The molecule has 2 N–H and O–H groups in total. The molecule has 0 saturated heterocycles.